The van der Waals surface area contributed by atoms with Crippen LogP contribution < -0.4 is 5.32 Å². The van der Waals surface area contributed by atoms with E-state index in [-0.39, 0.29) is 0 Å². The van der Waals surface area contributed by atoms with Gasteiger partial charge >= 0.3 is 0 Å². The zero-order chi connectivity index (χ0) is 12.5. The van der Waals surface area contributed by atoms with E-state index in [1.807, 2.05) is 11.3 Å². The number of hydrogen-bond donors (Lipinski definition) is 1. The summed E-state index contributed by atoms with van der Waals surface area (Å²) in [5, 5.41) is 5.79. The average Bonchev–Trinajstić information content (AvgIpc) is 2.64. The summed E-state index contributed by atoms with van der Waals surface area (Å²) in [5.74, 6) is 0. The summed E-state index contributed by atoms with van der Waals surface area (Å²) in [7, 11) is 0. The third-order valence-electron chi connectivity index (χ3n) is 3.36. The fraction of sp³-hybridized carbons (Fsp3) is 0.692. The van der Waals surface area contributed by atoms with Gasteiger partial charge in [-0.1, -0.05) is 20.8 Å². The number of halogens is 1. The van der Waals surface area contributed by atoms with Crippen LogP contribution in [0.5, 0.6) is 0 Å². The number of thiophene rings is 1. The van der Waals surface area contributed by atoms with Crippen LogP contribution in [0.1, 0.15) is 25.6 Å². The first-order valence-corrected chi connectivity index (χ1v) is 7.81. The molecule has 1 saturated heterocycles. The Hall–Kier alpha value is 0.1000. The molecule has 0 amide bonds. The van der Waals surface area contributed by atoms with E-state index in [1.165, 1.54) is 9.35 Å². The maximum atomic E-state index is 3.63. The molecule has 96 valence electrons. The topological polar surface area (TPSA) is 15.3 Å². The van der Waals surface area contributed by atoms with Gasteiger partial charge in [-0.25, -0.2) is 0 Å². The molecule has 2 nitrogen and oxygen atoms in total. The first kappa shape index (κ1) is 13.5. The number of piperazine rings is 1. The first-order valence-electron chi connectivity index (χ1n) is 6.14. The second-order valence-corrected chi connectivity index (χ2v) is 7.65. The molecule has 0 spiro atoms. The zero-order valence-corrected chi connectivity index (χ0v) is 13.2. The van der Waals surface area contributed by atoms with Crippen LogP contribution in [0.4, 0.5) is 0 Å². The molecule has 2 rings (SSSR count). The van der Waals surface area contributed by atoms with Crippen molar-refractivity contribution in [3.63, 3.8) is 0 Å². The van der Waals surface area contributed by atoms with E-state index in [0.29, 0.717) is 11.5 Å². The van der Waals surface area contributed by atoms with Gasteiger partial charge in [0.2, 0.25) is 0 Å². The minimum absolute atomic E-state index is 0.339. The molecule has 1 N–H and O–H groups in total. The van der Waals surface area contributed by atoms with E-state index in [4.69, 9.17) is 0 Å². The molecule has 0 aliphatic carbocycles. The van der Waals surface area contributed by atoms with Crippen molar-refractivity contribution in [1.29, 1.82) is 0 Å². The Morgan fingerprint density at radius 2 is 2.29 bits per heavy atom. The summed E-state index contributed by atoms with van der Waals surface area (Å²) in [4.78, 5) is 4.00. The Balaban J connectivity index is 1.96. The normalized spacial score (nSPS) is 22.9. The summed E-state index contributed by atoms with van der Waals surface area (Å²) in [6.45, 7) is 11.4. The molecule has 2 heterocycles. The zero-order valence-electron chi connectivity index (χ0n) is 10.8. The maximum absolute atomic E-state index is 3.63. The Morgan fingerprint density at radius 1 is 1.53 bits per heavy atom. The van der Waals surface area contributed by atoms with Gasteiger partial charge in [0.1, 0.15) is 0 Å². The van der Waals surface area contributed by atoms with Crippen molar-refractivity contribution in [1.82, 2.24) is 10.2 Å². The molecular weight excluding hydrogens is 296 g/mol. The van der Waals surface area contributed by atoms with Crippen LogP contribution in [0.2, 0.25) is 0 Å². The molecule has 0 radical (unpaired) electrons. The van der Waals surface area contributed by atoms with E-state index in [2.05, 4.69) is 58.4 Å². The number of rotatable bonds is 2. The maximum Gasteiger partial charge on any atom is 0.0340 e. The molecule has 1 aliphatic rings. The van der Waals surface area contributed by atoms with Crippen molar-refractivity contribution in [3.8, 4) is 0 Å². The van der Waals surface area contributed by atoms with Gasteiger partial charge in [0.25, 0.3) is 0 Å². The van der Waals surface area contributed by atoms with Crippen molar-refractivity contribution in [3.05, 3.63) is 20.8 Å². The van der Waals surface area contributed by atoms with Gasteiger partial charge in [-0.2, -0.15) is 0 Å². The molecule has 0 saturated carbocycles. The highest BCUT2D eigenvalue weighted by molar-refractivity contribution is 9.10. The summed E-state index contributed by atoms with van der Waals surface area (Å²) >= 11 is 5.46. The molecule has 17 heavy (non-hydrogen) atoms. The van der Waals surface area contributed by atoms with Gasteiger partial charge in [0.15, 0.2) is 0 Å². The highest BCUT2D eigenvalue weighted by atomic mass is 79.9. The van der Waals surface area contributed by atoms with Crippen LogP contribution in [0, 0.1) is 5.41 Å². The van der Waals surface area contributed by atoms with Crippen LogP contribution in [-0.4, -0.2) is 30.6 Å². The van der Waals surface area contributed by atoms with Crippen molar-refractivity contribution < 1.29 is 0 Å². The Bertz CT molecular complexity index is 370. The first-order chi connectivity index (χ1) is 7.97. The molecule has 1 aromatic rings. The fourth-order valence-corrected chi connectivity index (χ4v) is 3.69. The van der Waals surface area contributed by atoms with Gasteiger partial charge in [-0.3, -0.25) is 4.90 Å². The molecule has 0 bridgehead atoms. The lowest BCUT2D eigenvalue weighted by Crippen LogP contribution is -2.55. The molecule has 1 fully saturated rings. The van der Waals surface area contributed by atoms with E-state index >= 15 is 0 Å². The van der Waals surface area contributed by atoms with E-state index in [9.17, 15) is 0 Å². The van der Waals surface area contributed by atoms with Crippen LogP contribution in [0.3, 0.4) is 0 Å². The molecule has 0 aromatic carbocycles. The fourth-order valence-electron chi connectivity index (χ4n) is 2.18. The minimum atomic E-state index is 0.339. The SMILES string of the molecule is CC(C)(C)C1CN(Cc2sccc2Br)CCN1. The van der Waals surface area contributed by atoms with E-state index < -0.39 is 0 Å². The molecule has 1 atom stereocenters. The van der Waals surface area contributed by atoms with Crippen molar-refractivity contribution in [2.24, 2.45) is 5.41 Å². The predicted molar refractivity (Wildman–Crippen MR) is 78.5 cm³/mol. The molecule has 1 aliphatic heterocycles. The monoisotopic (exact) mass is 316 g/mol. The van der Waals surface area contributed by atoms with E-state index in [1.54, 1.807) is 0 Å². The lowest BCUT2D eigenvalue weighted by atomic mass is 9.85. The lowest BCUT2D eigenvalue weighted by Gasteiger charge is -2.40. The third-order valence-corrected chi connectivity index (χ3v) is 5.27. The second kappa shape index (κ2) is 5.39. The Labute approximate surface area is 117 Å². The third kappa shape index (κ3) is 3.53. The Kier molecular flexibility index (Phi) is 4.29. The molecular formula is C13H21BrN2S. The number of hydrogen-bond acceptors (Lipinski definition) is 3. The summed E-state index contributed by atoms with van der Waals surface area (Å²) < 4.78 is 1.26. The summed E-state index contributed by atoms with van der Waals surface area (Å²) in [6, 6.07) is 2.73. The van der Waals surface area contributed by atoms with Gasteiger partial charge in [-0.05, 0) is 32.8 Å². The van der Waals surface area contributed by atoms with Crippen molar-refractivity contribution in [2.75, 3.05) is 19.6 Å². The van der Waals surface area contributed by atoms with Gasteiger partial charge in [-0.15, -0.1) is 11.3 Å². The minimum Gasteiger partial charge on any atom is -0.311 e. The lowest BCUT2D eigenvalue weighted by molar-refractivity contribution is 0.130. The van der Waals surface area contributed by atoms with Gasteiger partial charge in [0, 0.05) is 41.6 Å². The van der Waals surface area contributed by atoms with Crippen LogP contribution in [0.15, 0.2) is 15.9 Å². The second-order valence-electron chi connectivity index (χ2n) is 5.80. The Morgan fingerprint density at radius 3 is 2.88 bits per heavy atom. The van der Waals surface area contributed by atoms with Crippen molar-refractivity contribution >= 4 is 27.3 Å². The van der Waals surface area contributed by atoms with Gasteiger partial charge in [0.05, 0.1) is 0 Å². The molecule has 1 aromatic heterocycles. The highest BCUT2D eigenvalue weighted by Gasteiger charge is 2.29. The van der Waals surface area contributed by atoms with Crippen LogP contribution in [0.25, 0.3) is 0 Å². The standard InChI is InChI=1S/C13H21BrN2S/c1-13(2,3)12-9-16(6-5-15-12)8-11-10(14)4-7-17-11/h4,7,12,15H,5-6,8-9H2,1-3H3. The summed E-state index contributed by atoms with van der Waals surface area (Å²) in [6.07, 6.45) is 0. The van der Waals surface area contributed by atoms with Crippen molar-refractivity contribution in [2.45, 2.75) is 33.4 Å². The molecule has 1 unspecified atom stereocenters. The largest absolute Gasteiger partial charge is 0.311 e. The van der Waals surface area contributed by atoms with Gasteiger partial charge < -0.3 is 5.32 Å². The highest BCUT2D eigenvalue weighted by Crippen LogP contribution is 2.26. The quantitative estimate of drug-likeness (QED) is 0.900. The van der Waals surface area contributed by atoms with E-state index in [0.717, 1.165) is 26.2 Å². The smallest absolute Gasteiger partial charge is 0.0340 e. The number of nitrogens with zero attached hydrogens (tertiary/aromatic N) is 1. The van der Waals surface area contributed by atoms with Crippen LogP contribution in [-0.2, 0) is 6.54 Å². The summed E-state index contributed by atoms with van der Waals surface area (Å²) in [5.41, 5.74) is 0.339. The van der Waals surface area contributed by atoms with Crippen LogP contribution >= 0.6 is 27.3 Å². The molecule has 4 heteroatoms. The number of nitrogens with one attached hydrogen (secondary N) is 1. The predicted octanol–water partition coefficient (Wildman–Crippen LogP) is 3.33. The average molecular weight is 317 g/mol.